The zero-order valence-electron chi connectivity index (χ0n) is 13.7. The lowest BCUT2D eigenvalue weighted by Gasteiger charge is -2.39. The molecule has 0 saturated carbocycles. The van der Waals surface area contributed by atoms with Crippen LogP contribution in [-0.4, -0.2) is 58.2 Å². The van der Waals surface area contributed by atoms with E-state index in [1.165, 1.54) is 0 Å². The third kappa shape index (κ3) is 3.16. The first-order chi connectivity index (χ1) is 11.1. The van der Waals surface area contributed by atoms with Crippen LogP contribution in [0, 0.1) is 6.92 Å². The van der Waals surface area contributed by atoms with Crippen molar-refractivity contribution in [2.45, 2.75) is 19.1 Å². The summed E-state index contributed by atoms with van der Waals surface area (Å²) >= 11 is 0. The Morgan fingerprint density at radius 1 is 1.48 bits per heavy atom. The van der Waals surface area contributed by atoms with Crippen LogP contribution in [0.5, 0.6) is 0 Å². The number of morpholine rings is 1. The molecule has 1 aliphatic rings. The van der Waals surface area contributed by atoms with Gasteiger partial charge in [0.2, 0.25) is 0 Å². The fourth-order valence-corrected chi connectivity index (χ4v) is 3.08. The second kappa shape index (κ2) is 6.55. The van der Waals surface area contributed by atoms with Gasteiger partial charge in [-0.25, -0.2) is 4.98 Å². The lowest BCUT2D eigenvalue weighted by atomic mass is 10.0. The minimum Gasteiger partial charge on any atom is -0.373 e. The highest BCUT2D eigenvalue weighted by atomic mass is 16.5. The van der Waals surface area contributed by atoms with Gasteiger partial charge in [-0.1, -0.05) is 0 Å². The second-order valence-corrected chi connectivity index (χ2v) is 6.03. The van der Waals surface area contributed by atoms with E-state index in [1.54, 1.807) is 12.5 Å². The van der Waals surface area contributed by atoms with E-state index in [1.807, 2.05) is 30.9 Å². The second-order valence-electron chi connectivity index (χ2n) is 6.03. The number of nitrogens with one attached hydrogen (secondary N) is 2. The monoisotopic (exact) mass is 317 g/mol. The number of likely N-dealkylation sites (N-methyl/N-ethyl adjacent to an activating group) is 1. The van der Waals surface area contributed by atoms with Crippen LogP contribution in [0.1, 0.15) is 27.7 Å². The molecule has 1 saturated heterocycles. The van der Waals surface area contributed by atoms with Crippen LogP contribution in [0.2, 0.25) is 0 Å². The molecule has 7 heteroatoms. The number of amides is 1. The van der Waals surface area contributed by atoms with E-state index in [0.717, 1.165) is 17.8 Å². The van der Waals surface area contributed by atoms with Gasteiger partial charge in [0.25, 0.3) is 5.91 Å². The molecule has 1 amide bonds. The Labute approximate surface area is 135 Å². The molecule has 0 unspecified atom stereocenters. The van der Waals surface area contributed by atoms with Gasteiger partial charge in [0.15, 0.2) is 0 Å². The number of aromatic nitrogens is 3. The average molecular weight is 317 g/mol. The summed E-state index contributed by atoms with van der Waals surface area (Å²) < 4.78 is 7.93. The predicted octanol–water partition coefficient (Wildman–Crippen LogP) is 0.858. The third-order valence-corrected chi connectivity index (χ3v) is 4.42. The maximum Gasteiger partial charge on any atom is 0.253 e. The Kier molecular flexibility index (Phi) is 4.49. The predicted molar refractivity (Wildman–Crippen MR) is 86.2 cm³/mol. The summed E-state index contributed by atoms with van der Waals surface area (Å²) in [4.78, 5) is 21.7. The van der Waals surface area contributed by atoms with Crippen LogP contribution in [0.3, 0.4) is 0 Å². The van der Waals surface area contributed by atoms with E-state index < -0.39 is 0 Å². The molecule has 3 rings (SSSR count). The van der Waals surface area contributed by atoms with Gasteiger partial charge >= 0.3 is 0 Å². The molecule has 0 bridgehead atoms. The average Bonchev–Trinajstić information content (AvgIpc) is 3.13. The topological polar surface area (TPSA) is 75.2 Å². The summed E-state index contributed by atoms with van der Waals surface area (Å²) in [6.45, 7) is 3.89. The molecule has 124 valence electrons. The lowest BCUT2D eigenvalue weighted by Crippen LogP contribution is -2.48. The van der Waals surface area contributed by atoms with Gasteiger partial charge in [0, 0.05) is 38.7 Å². The number of H-pyrrole nitrogens is 1. The Morgan fingerprint density at radius 2 is 2.30 bits per heavy atom. The number of aryl methyl sites for hydroxylation is 2. The zero-order valence-corrected chi connectivity index (χ0v) is 13.7. The highest BCUT2D eigenvalue weighted by Crippen LogP contribution is 2.27. The standard InChI is InChI=1S/C16H23N5O2/c1-11-6-17-7-12(11)16(22)19-9-14-15(20(2)4-5-23-14)13-8-18-10-21(13)3/h6-8,10,14-15,17H,4-5,9H2,1-3H3,(H,19,22)/t14-,15-/m0/s1. The summed E-state index contributed by atoms with van der Waals surface area (Å²) in [7, 11) is 4.05. The van der Waals surface area contributed by atoms with Crippen molar-refractivity contribution >= 4 is 5.91 Å². The third-order valence-electron chi connectivity index (χ3n) is 4.42. The van der Waals surface area contributed by atoms with Crippen molar-refractivity contribution in [1.82, 2.24) is 24.8 Å². The number of hydrogen-bond donors (Lipinski definition) is 2. The molecule has 1 fully saturated rings. The first-order valence-corrected chi connectivity index (χ1v) is 7.77. The summed E-state index contributed by atoms with van der Waals surface area (Å²) in [6, 6.07) is 0.0730. The van der Waals surface area contributed by atoms with Crippen LogP contribution in [0.15, 0.2) is 24.9 Å². The van der Waals surface area contributed by atoms with Gasteiger partial charge < -0.3 is 19.6 Å². The van der Waals surface area contributed by atoms with Crippen molar-refractivity contribution in [3.63, 3.8) is 0 Å². The number of imidazole rings is 1. The number of carbonyl (C=O) groups is 1. The molecule has 0 aliphatic carbocycles. The van der Waals surface area contributed by atoms with Gasteiger partial charge in [-0.15, -0.1) is 0 Å². The van der Waals surface area contributed by atoms with Crippen molar-refractivity contribution in [3.05, 3.63) is 41.7 Å². The molecule has 3 heterocycles. The number of nitrogens with zero attached hydrogens (tertiary/aromatic N) is 3. The van der Waals surface area contributed by atoms with E-state index in [0.29, 0.717) is 18.7 Å². The van der Waals surface area contributed by atoms with E-state index in [9.17, 15) is 4.79 Å². The van der Waals surface area contributed by atoms with Gasteiger partial charge in [0.05, 0.1) is 36.3 Å². The van der Waals surface area contributed by atoms with Crippen LogP contribution in [-0.2, 0) is 11.8 Å². The summed E-state index contributed by atoms with van der Waals surface area (Å²) in [6.07, 6.45) is 7.08. The maximum absolute atomic E-state index is 12.3. The summed E-state index contributed by atoms with van der Waals surface area (Å²) in [5.41, 5.74) is 2.70. The number of aromatic amines is 1. The fraction of sp³-hybridized carbons (Fsp3) is 0.500. The molecule has 0 spiro atoms. The van der Waals surface area contributed by atoms with Crippen molar-refractivity contribution in [2.24, 2.45) is 7.05 Å². The Balaban J connectivity index is 1.71. The molecule has 1 aliphatic heterocycles. The number of hydrogen-bond acceptors (Lipinski definition) is 4. The SMILES string of the molecule is Cc1c[nH]cc1C(=O)NC[C@@H]1OCCN(C)[C@H]1c1cncn1C. The van der Waals surface area contributed by atoms with Crippen molar-refractivity contribution in [3.8, 4) is 0 Å². The number of carbonyl (C=O) groups excluding carboxylic acids is 1. The van der Waals surface area contributed by atoms with E-state index in [4.69, 9.17) is 4.74 Å². The van der Waals surface area contributed by atoms with Gasteiger partial charge in [-0.3, -0.25) is 9.69 Å². The smallest absolute Gasteiger partial charge is 0.253 e. The minimum absolute atomic E-state index is 0.0730. The van der Waals surface area contributed by atoms with E-state index >= 15 is 0 Å². The van der Waals surface area contributed by atoms with Crippen LogP contribution >= 0.6 is 0 Å². The van der Waals surface area contributed by atoms with E-state index in [-0.39, 0.29) is 18.1 Å². The van der Waals surface area contributed by atoms with Crippen molar-refractivity contribution in [1.29, 1.82) is 0 Å². The van der Waals surface area contributed by atoms with Gasteiger partial charge in [0.1, 0.15) is 0 Å². The Morgan fingerprint density at radius 3 is 2.96 bits per heavy atom. The lowest BCUT2D eigenvalue weighted by molar-refractivity contribution is -0.0626. The highest BCUT2D eigenvalue weighted by molar-refractivity contribution is 5.95. The van der Waals surface area contributed by atoms with Gasteiger partial charge in [-0.2, -0.15) is 0 Å². The Bertz CT molecular complexity index is 678. The molecular formula is C16H23N5O2. The van der Waals surface area contributed by atoms with Crippen LogP contribution in [0.4, 0.5) is 0 Å². The molecule has 0 aromatic carbocycles. The summed E-state index contributed by atoms with van der Waals surface area (Å²) in [5.74, 6) is -0.0793. The molecule has 23 heavy (non-hydrogen) atoms. The Hall–Kier alpha value is -2.12. The maximum atomic E-state index is 12.3. The first kappa shape index (κ1) is 15.8. The van der Waals surface area contributed by atoms with Crippen LogP contribution < -0.4 is 5.32 Å². The van der Waals surface area contributed by atoms with Crippen LogP contribution in [0.25, 0.3) is 0 Å². The fourth-order valence-electron chi connectivity index (χ4n) is 3.08. The molecule has 2 N–H and O–H groups in total. The summed E-state index contributed by atoms with van der Waals surface area (Å²) in [5, 5.41) is 2.99. The van der Waals surface area contributed by atoms with Crippen molar-refractivity contribution < 1.29 is 9.53 Å². The largest absolute Gasteiger partial charge is 0.373 e. The molecule has 7 nitrogen and oxygen atoms in total. The van der Waals surface area contributed by atoms with Gasteiger partial charge in [-0.05, 0) is 19.5 Å². The minimum atomic E-state index is -0.104. The molecular weight excluding hydrogens is 294 g/mol. The molecule has 0 radical (unpaired) electrons. The zero-order chi connectivity index (χ0) is 16.4. The number of rotatable bonds is 4. The molecule has 2 aromatic rings. The normalized spacial score (nSPS) is 22.2. The molecule has 2 atom stereocenters. The quantitative estimate of drug-likeness (QED) is 0.877. The first-order valence-electron chi connectivity index (χ1n) is 7.77. The highest BCUT2D eigenvalue weighted by Gasteiger charge is 2.33. The van der Waals surface area contributed by atoms with Crippen molar-refractivity contribution in [2.75, 3.05) is 26.7 Å². The number of ether oxygens (including phenoxy) is 1. The molecule has 2 aromatic heterocycles. The van der Waals surface area contributed by atoms with E-state index in [2.05, 4.69) is 27.2 Å².